The third kappa shape index (κ3) is 7.22. The molecule has 47 heavy (non-hydrogen) atoms. The number of carbonyl (C=O) groups is 1. The van der Waals surface area contributed by atoms with Gasteiger partial charge >= 0.3 is 27.3 Å². The second-order valence-corrected chi connectivity index (χ2v) is 13.5. The lowest BCUT2D eigenvalue weighted by atomic mass is 10.1. The highest BCUT2D eigenvalue weighted by molar-refractivity contribution is 7.61. The summed E-state index contributed by atoms with van der Waals surface area (Å²) in [6, 6.07) is 15.7. The number of benzene rings is 2. The standard InChI is InChI=1S/C27H27N3O15P2/c31-21-10-12-29(27(35)30(21)14-18-17-8-4-5-9-19(17)43-28-18)25-24(33)23(32)20(41-25)15-40-46(36,37)45-47(38)39-13-11-22(44-47)42-26(34)16-6-2-1-3-7-16/h1-10,12,20,22-25,32-33H,11,13-15H2,(H,36,37)/t20-,22?,23+,24+,25-,47?/m1/s1. The number of aromatic nitrogens is 3. The van der Waals surface area contributed by atoms with E-state index >= 15 is 0 Å². The minimum atomic E-state index is -5.27. The summed E-state index contributed by atoms with van der Waals surface area (Å²) in [7, 11) is -10.1. The molecule has 2 aliphatic heterocycles. The molecule has 2 aromatic carbocycles. The van der Waals surface area contributed by atoms with Gasteiger partial charge in [0, 0.05) is 24.1 Å². The first-order valence-electron chi connectivity index (χ1n) is 14.0. The van der Waals surface area contributed by atoms with Crippen molar-refractivity contribution in [1.82, 2.24) is 14.3 Å². The second-order valence-electron chi connectivity index (χ2n) is 10.3. The van der Waals surface area contributed by atoms with Crippen LogP contribution in [0.3, 0.4) is 0 Å². The van der Waals surface area contributed by atoms with Gasteiger partial charge in [-0.2, -0.15) is 4.31 Å². The molecular formula is C27H27N3O15P2. The molecule has 0 saturated carbocycles. The molecule has 3 N–H and O–H groups in total. The molecule has 250 valence electrons. The molecule has 0 spiro atoms. The predicted molar refractivity (Wildman–Crippen MR) is 156 cm³/mol. The topological polar surface area (TPSA) is 237 Å². The molecule has 6 rings (SSSR count). The van der Waals surface area contributed by atoms with Crippen LogP contribution in [0.15, 0.2) is 81.0 Å². The van der Waals surface area contributed by atoms with E-state index < -0.39 is 70.3 Å². The number of phosphoric ester groups is 2. The van der Waals surface area contributed by atoms with Crippen molar-refractivity contribution in [2.45, 2.75) is 43.8 Å². The lowest BCUT2D eigenvalue weighted by molar-refractivity contribution is -0.0931. The number of fused-ring (bicyclic) bond motifs is 1. The zero-order valence-electron chi connectivity index (χ0n) is 24.0. The van der Waals surface area contributed by atoms with Crippen molar-refractivity contribution in [2.24, 2.45) is 0 Å². The fraction of sp³-hybridized carbons (Fsp3) is 0.333. The van der Waals surface area contributed by atoms with Crippen LogP contribution in [-0.2, 0) is 43.0 Å². The van der Waals surface area contributed by atoms with E-state index in [0.29, 0.717) is 16.7 Å². The first kappa shape index (κ1) is 33.1. The van der Waals surface area contributed by atoms with E-state index in [9.17, 15) is 38.6 Å². The molecule has 0 bridgehead atoms. The Kier molecular flexibility index (Phi) is 9.42. The van der Waals surface area contributed by atoms with Gasteiger partial charge < -0.3 is 29.1 Å². The minimum absolute atomic E-state index is 0.0637. The van der Waals surface area contributed by atoms with Crippen LogP contribution in [0.2, 0.25) is 0 Å². The SMILES string of the molecule is O=C(OC1CCOP(=O)(OP(=O)(O)OC[C@H]2O[C@@H](n3ccc(=O)n(Cc4noc5ccccc45)c3=O)[C@@H](O)[C@H]2O)O1)c1ccccc1. The van der Waals surface area contributed by atoms with E-state index in [1.165, 1.54) is 12.1 Å². The van der Waals surface area contributed by atoms with Crippen molar-refractivity contribution in [3.8, 4) is 0 Å². The van der Waals surface area contributed by atoms with Crippen molar-refractivity contribution < 1.29 is 60.9 Å². The van der Waals surface area contributed by atoms with Gasteiger partial charge in [-0.3, -0.25) is 23.0 Å². The molecule has 7 atom stereocenters. The third-order valence-electron chi connectivity index (χ3n) is 7.17. The lowest BCUT2D eigenvalue weighted by Crippen LogP contribution is -2.43. The Hall–Kier alpha value is -3.80. The highest BCUT2D eigenvalue weighted by Crippen LogP contribution is 2.65. The average molecular weight is 695 g/mol. The Morgan fingerprint density at radius 1 is 1.06 bits per heavy atom. The molecule has 0 aliphatic carbocycles. The quantitative estimate of drug-likeness (QED) is 0.158. The van der Waals surface area contributed by atoms with Crippen molar-refractivity contribution >= 4 is 32.6 Å². The number of rotatable bonds is 10. The van der Waals surface area contributed by atoms with Crippen LogP contribution in [0, 0.1) is 0 Å². The van der Waals surface area contributed by atoms with Crippen LogP contribution in [0.4, 0.5) is 0 Å². The van der Waals surface area contributed by atoms with E-state index in [0.717, 1.165) is 21.4 Å². The molecule has 3 unspecified atom stereocenters. The normalized spacial score (nSPS) is 27.4. The van der Waals surface area contributed by atoms with Crippen LogP contribution in [0.5, 0.6) is 0 Å². The summed E-state index contributed by atoms with van der Waals surface area (Å²) in [6.07, 6.45) is -7.05. The number of carbonyl (C=O) groups excluding carboxylic acids is 1. The average Bonchev–Trinajstić information content (AvgIpc) is 3.58. The maximum atomic E-state index is 13.3. The first-order valence-corrected chi connectivity index (χ1v) is 16.9. The molecule has 4 aromatic rings. The molecule has 20 heteroatoms. The van der Waals surface area contributed by atoms with Gasteiger partial charge in [-0.25, -0.2) is 23.2 Å². The van der Waals surface area contributed by atoms with Crippen molar-refractivity contribution in [3.05, 3.63) is 99.0 Å². The summed E-state index contributed by atoms with van der Waals surface area (Å²) in [5.74, 6) is -0.811. The van der Waals surface area contributed by atoms with Gasteiger partial charge in [0.05, 0.1) is 25.3 Å². The van der Waals surface area contributed by atoms with Gasteiger partial charge in [-0.15, -0.1) is 0 Å². The van der Waals surface area contributed by atoms with Crippen LogP contribution in [0.25, 0.3) is 11.0 Å². The number of para-hydroxylation sites is 1. The Bertz CT molecular complexity index is 1980. The Morgan fingerprint density at radius 2 is 1.81 bits per heavy atom. The van der Waals surface area contributed by atoms with Gasteiger partial charge in [0.25, 0.3) is 5.56 Å². The molecule has 2 saturated heterocycles. The van der Waals surface area contributed by atoms with Gasteiger partial charge in [0.2, 0.25) is 6.29 Å². The molecule has 2 fully saturated rings. The van der Waals surface area contributed by atoms with Crippen LogP contribution in [-0.4, -0.2) is 73.2 Å². The number of hydrogen-bond acceptors (Lipinski definition) is 15. The van der Waals surface area contributed by atoms with Crippen LogP contribution < -0.4 is 11.2 Å². The van der Waals surface area contributed by atoms with E-state index in [2.05, 4.69) is 9.47 Å². The zero-order chi connectivity index (χ0) is 33.3. The number of ether oxygens (including phenoxy) is 2. The molecular weight excluding hydrogens is 668 g/mol. The predicted octanol–water partition coefficient (Wildman–Crippen LogP) is 1.68. The Balaban J connectivity index is 1.10. The van der Waals surface area contributed by atoms with Crippen molar-refractivity contribution in [1.29, 1.82) is 0 Å². The van der Waals surface area contributed by atoms with E-state index in [1.807, 2.05) is 0 Å². The number of esters is 1. The first-order chi connectivity index (χ1) is 22.4. The van der Waals surface area contributed by atoms with E-state index in [1.54, 1.807) is 42.5 Å². The van der Waals surface area contributed by atoms with Crippen LogP contribution >= 0.6 is 15.6 Å². The van der Waals surface area contributed by atoms with E-state index in [4.69, 9.17) is 27.6 Å². The summed E-state index contributed by atoms with van der Waals surface area (Å²) in [5.41, 5.74) is -0.708. The molecule has 4 heterocycles. The molecule has 2 aliphatic rings. The van der Waals surface area contributed by atoms with Gasteiger partial charge in [0.1, 0.15) is 24.0 Å². The van der Waals surface area contributed by atoms with E-state index in [-0.39, 0.29) is 25.1 Å². The number of nitrogens with zero attached hydrogens (tertiary/aromatic N) is 3. The summed E-state index contributed by atoms with van der Waals surface area (Å²) in [5, 5.41) is 25.8. The van der Waals surface area contributed by atoms with Crippen molar-refractivity contribution in [2.75, 3.05) is 13.2 Å². The molecule has 18 nitrogen and oxygen atoms in total. The summed E-state index contributed by atoms with van der Waals surface area (Å²) >= 11 is 0. The smallest absolute Gasteiger partial charge is 0.431 e. The Morgan fingerprint density at radius 3 is 2.60 bits per heavy atom. The Labute approximate surface area is 263 Å². The summed E-state index contributed by atoms with van der Waals surface area (Å²) in [4.78, 5) is 48.5. The zero-order valence-corrected chi connectivity index (χ0v) is 25.8. The maximum absolute atomic E-state index is 13.3. The number of aliphatic hydroxyl groups is 2. The van der Waals surface area contributed by atoms with Crippen molar-refractivity contribution in [3.63, 3.8) is 0 Å². The largest absolute Gasteiger partial charge is 0.486 e. The third-order valence-corrected chi connectivity index (χ3v) is 10.3. The summed E-state index contributed by atoms with van der Waals surface area (Å²) in [6.45, 7) is -1.52. The number of phosphoric acid groups is 2. The lowest BCUT2D eigenvalue weighted by Gasteiger charge is -2.29. The highest BCUT2D eigenvalue weighted by atomic mass is 31.3. The van der Waals surface area contributed by atoms with Gasteiger partial charge in [-0.05, 0) is 24.3 Å². The monoisotopic (exact) mass is 695 g/mol. The molecule has 0 amide bonds. The van der Waals surface area contributed by atoms with Gasteiger partial charge in [0.15, 0.2) is 11.8 Å². The summed E-state index contributed by atoms with van der Waals surface area (Å²) < 4.78 is 62.7. The fourth-order valence-corrected chi connectivity index (χ4v) is 7.56. The minimum Gasteiger partial charge on any atom is -0.431 e. The number of aliphatic hydroxyl groups excluding tert-OH is 2. The fourth-order valence-electron chi connectivity index (χ4n) is 4.86. The highest BCUT2D eigenvalue weighted by Gasteiger charge is 2.48. The number of hydrogen-bond donors (Lipinski definition) is 3. The maximum Gasteiger partial charge on any atom is 0.486 e. The molecule has 2 aromatic heterocycles. The molecule has 0 radical (unpaired) electrons. The van der Waals surface area contributed by atoms with Gasteiger partial charge in [-0.1, -0.05) is 35.5 Å². The second kappa shape index (κ2) is 13.4. The van der Waals surface area contributed by atoms with Crippen LogP contribution in [0.1, 0.15) is 28.7 Å².